The molecule has 1 N–H and O–H groups in total. The van der Waals surface area contributed by atoms with Crippen molar-refractivity contribution in [3.05, 3.63) is 23.8 Å². The standard InChI is InChI=1S/C23H30N4O6/c1-12(2)19(23-25-21(26-33-23)13-6-7-13)24-22(29)14-8-18(28)27(11-14)15-9-16(30-3)20(32-5)17(10-15)31-4/h9-10,12-14,19H,6-8,11H2,1-5H3,(H,24,29). The van der Waals surface area contributed by atoms with Crippen LogP contribution in [0.3, 0.4) is 0 Å². The summed E-state index contributed by atoms with van der Waals surface area (Å²) in [6.07, 6.45) is 2.24. The van der Waals surface area contributed by atoms with E-state index in [4.69, 9.17) is 18.7 Å². The number of carbonyl (C=O) groups is 2. The molecule has 0 radical (unpaired) electrons. The van der Waals surface area contributed by atoms with Crippen LogP contribution in [0.15, 0.2) is 16.7 Å². The van der Waals surface area contributed by atoms with Gasteiger partial charge in [-0.05, 0) is 18.8 Å². The molecule has 1 aromatic heterocycles. The second-order valence-electron chi connectivity index (χ2n) is 8.78. The molecule has 33 heavy (non-hydrogen) atoms. The summed E-state index contributed by atoms with van der Waals surface area (Å²) in [5.74, 6) is 1.96. The van der Waals surface area contributed by atoms with E-state index < -0.39 is 12.0 Å². The van der Waals surface area contributed by atoms with E-state index in [2.05, 4.69) is 15.5 Å². The van der Waals surface area contributed by atoms with Crippen LogP contribution in [0.25, 0.3) is 0 Å². The average Bonchev–Trinajstić information content (AvgIpc) is 3.41. The van der Waals surface area contributed by atoms with Crippen molar-refractivity contribution in [3.8, 4) is 17.2 Å². The molecule has 10 nitrogen and oxygen atoms in total. The lowest BCUT2D eigenvalue weighted by molar-refractivity contribution is -0.127. The predicted octanol–water partition coefficient (Wildman–Crippen LogP) is 2.84. The van der Waals surface area contributed by atoms with E-state index in [9.17, 15) is 9.59 Å². The molecule has 1 aliphatic carbocycles. The number of carbonyl (C=O) groups excluding carboxylic acids is 2. The summed E-state index contributed by atoms with van der Waals surface area (Å²) in [4.78, 5) is 32.0. The van der Waals surface area contributed by atoms with Gasteiger partial charge in [-0.3, -0.25) is 9.59 Å². The molecule has 1 aromatic carbocycles. The highest BCUT2D eigenvalue weighted by Crippen LogP contribution is 2.42. The van der Waals surface area contributed by atoms with Gasteiger partial charge in [-0.1, -0.05) is 19.0 Å². The van der Waals surface area contributed by atoms with Crippen LogP contribution in [0, 0.1) is 11.8 Å². The van der Waals surface area contributed by atoms with Crippen LogP contribution in [-0.4, -0.2) is 49.8 Å². The number of amides is 2. The van der Waals surface area contributed by atoms with E-state index in [1.165, 1.54) is 21.3 Å². The van der Waals surface area contributed by atoms with Gasteiger partial charge >= 0.3 is 0 Å². The Morgan fingerprint density at radius 2 is 1.82 bits per heavy atom. The SMILES string of the molecule is COc1cc(N2CC(C(=O)NC(c3nc(C4CC4)no3)C(C)C)CC2=O)cc(OC)c1OC. The topological polar surface area (TPSA) is 116 Å². The van der Waals surface area contributed by atoms with Gasteiger partial charge in [0.2, 0.25) is 23.5 Å². The van der Waals surface area contributed by atoms with Crippen molar-refractivity contribution in [2.24, 2.45) is 11.8 Å². The third-order valence-electron chi connectivity index (χ3n) is 6.09. The molecule has 1 aliphatic heterocycles. The molecule has 2 fully saturated rings. The molecule has 2 atom stereocenters. The average molecular weight is 459 g/mol. The number of hydrogen-bond donors (Lipinski definition) is 1. The van der Waals surface area contributed by atoms with Crippen LogP contribution >= 0.6 is 0 Å². The zero-order valence-electron chi connectivity index (χ0n) is 19.6. The highest BCUT2D eigenvalue weighted by Gasteiger charge is 2.38. The summed E-state index contributed by atoms with van der Waals surface area (Å²) in [6.45, 7) is 4.20. The first kappa shape index (κ1) is 22.9. The molecule has 2 aromatic rings. The Morgan fingerprint density at radius 1 is 1.15 bits per heavy atom. The number of ether oxygens (including phenoxy) is 3. The van der Waals surface area contributed by atoms with E-state index in [0.29, 0.717) is 40.6 Å². The van der Waals surface area contributed by atoms with Gasteiger partial charge in [-0.25, -0.2) is 0 Å². The predicted molar refractivity (Wildman–Crippen MR) is 119 cm³/mol. The molecule has 1 saturated heterocycles. The van der Waals surface area contributed by atoms with Crippen LogP contribution in [-0.2, 0) is 9.59 Å². The fourth-order valence-electron chi connectivity index (χ4n) is 4.02. The third kappa shape index (κ3) is 4.60. The van der Waals surface area contributed by atoms with Gasteiger partial charge in [0.25, 0.3) is 0 Å². The maximum atomic E-state index is 13.1. The molecule has 1 saturated carbocycles. The number of methoxy groups -OCH3 is 3. The first-order valence-electron chi connectivity index (χ1n) is 11.1. The normalized spacial score (nSPS) is 19.0. The van der Waals surface area contributed by atoms with Crippen molar-refractivity contribution in [2.75, 3.05) is 32.8 Å². The van der Waals surface area contributed by atoms with Crippen LogP contribution in [0.2, 0.25) is 0 Å². The maximum absolute atomic E-state index is 13.1. The van der Waals surface area contributed by atoms with Crippen molar-refractivity contribution < 1.29 is 28.3 Å². The molecule has 0 bridgehead atoms. The van der Waals surface area contributed by atoms with E-state index in [1.54, 1.807) is 17.0 Å². The molecular weight excluding hydrogens is 428 g/mol. The molecule has 2 aliphatic rings. The second-order valence-corrected chi connectivity index (χ2v) is 8.78. The first-order valence-corrected chi connectivity index (χ1v) is 11.1. The van der Waals surface area contributed by atoms with Gasteiger partial charge < -0.3 is 29.0 Å². The Labute approximate surface area is 192 Å². The Bertz CT molecular complexity index is 1010. The molecule has 4 rings (SSSR count). The van der Waals surface area contributed by atoms with Gasteiger partial charge in [0.05, 0.1) is 32.9 Å². The number of anilines is 1. The monoisotopic (exact) mass is 458 g/mol. The largest absolute Gasteiger partial charge is 0.493 e. The highest BCUT2D eigenvalue weighted by molar-refractivity contribution is 6.00. The summed E-state index contributed by atoms with van der Waals surface area (Å²) in [7, 11) is 4.55. The lowest BCUT2D eigenvalue weighted by Crippen LogP contribution is -2.37. The molecule has 2 amide bonds. The molecule has 178 valence electrons. The molecule has 10 heteroatoms. The lowest BCUT2D eigenvalue weighted by atomic mass is 10.0. The highest BCUT2D eigenvalue weighted by atomic mass is 16.5. The minimum atomic E-state index is -0.510. The smallest absolute Gasteiger partial charge is 0.249 e. The molecule has 2 unspecified atom stereocenters. The first-order chi connectivity index (χ1) is 15.9. The van der Waals surface area contributed by atoms with Crippen LogP contribution in [0.4, 0.5) is 5.69 Å². The summed E-state index contributed by atoms with van der Waals surface area (Å²) < 4.78 is 21.6. The third-order valence-corrected chi connectivity index (χ3v) is 6.09. The minimum Gasteiger partial charge on any atom is -0.493 e. The molecule has 0 spiro atoms. The van der Waals surface area contributed by atoms with Gasteiger partial charge in [0, 0.05) is 31.0 Å². The van der Waals surface area contributed by atoms with Crippen molar-refractivity contribution >= 4 is 17.5 Å². The van der Waals surface area contributed by atoms with Crippen molar-refractivity contribution in [2.45, 2.75) is 45.1 Å². The zero-order valence-corrected chi connectivity index (χ0v) is 19.6. The van der Waals surface area contributed by atoms with E-state index >= 15 is 0 Å². The second kappa shape index (κ2) is 9.29. The van der Waals surface area contributed by atoms with E-state index in [0.717, 1.165) is 12.8 Å². The van der Waals surface area contributed by atoms with Crippen molar-refractivity contribution in [1.82, 2.24) is 15.5 Å². The van der Waals surface area contributed by atoms with E-state index in [-0.39, 0.29) is 30.7 Å². The summed E-state index contributed by atoms with van der Waals surface area (Å²) in [5.41, 5.74) is 0.580. The number of hydrogen-bond acceptors (Lipinski definition) is 8. The summed E-state index contributed by atoms with van der Waals surface area (Å²) >= 11 is 0. The van der Waals surface area contributed by atoms with E-state index in [1.807, 2.05) is 13.8 Å². The van der Waals surface area contributed by atoms with Gasteiger partial charge in [0.15, 0.2) is 17.3 Å². The number of rotatable bonds is 9. The number of benzene rings is 1. The Kier molecular flexibility index (Phi) is 6.44. The number of nitrogens with one attached hydrogen (secondary N) is 1. The summed E-state index contributed by atoms with van der Waals surface area (Å²) in [5, 5.41) is 7.08. The van der Waals surface area contributed by atoms with Gasteiger partial charge in [-0.15, -0.1) is 0 Å². The van der Waals surface area contributed by atoms with Gasteiger partial charge in [-0.2, -0.15) is 4.98 Å². The quantitative estimate of drug-likeness (QED) is 0.610. The summed E-state index contributed by atoms with van der Waals surface area (Å²) in [6, 6.07) is 2.99. The zero-order chi connectivity index (χ0) is 23.7. The van der Waals surface area contributed by atoms with Crippen molar-refractivity contribution in [1.29, 1.82) is 0 Å². The van der Waals surface area contributed by atoms with Crippen molar-refractivity contribution in [3.63, 3.8) is 0 Å². The fourth-order valence-corrected chi connectivity index (χ4v) is 4.02. The van der Waals surface area contributed by atoms with Crippen LogP contribution < -0.4 is 24.4 Å². The Morgan fingerprint density at radius 3 is 2.36 bits per heavy atom. The minimum absolute atomic E-state index is 0.0461. The molecular formula is C23H30N4O6. The fraction of sp³-hybridized carbons (Fsp3) is 0.565. The number of nitrogens with zero attached hydrogens (tertiary/aromatic N) is 3. The lowest BCUT2D eigenvalue weighted by Gasteiger charge is -2.22. The van der Waals surface area contributed by atoms with Crippen LogP contribution in [0.1, 0.15) is 56.8 Å². The molecule has 2 heterocycles. The number of aromatic nitrogens is 2. The van der Waals surface area contributed by atoms with Crippen LogP contribution in [0.5, 0.6) is 17.2 Å². The Hall–Kier alpha value is -3.30. The maximum Gasteiger partial charge on any atom is 0.249 e. The van der Waals surface area contributed by atoms with Gasteiger partial charge in [0.1, 0.15) is 6.04 Å². The Balaban J connectivity index is 1.49.